The molecule has 0 saturated carbocycles. The van der Waals surface area contributed by atoms with Crippen LogP contribution in [0.5, 0.6) is 0 Å². The molecule has 0 unspecified atom stereocenters. The molecule has 1 aromatic carbocycles. The van der Waals surface area contributed by atoms with E-state index >= 15 is 0 Å². The summed E-state index contributed by atoms with van der Waals surface area (Å²) in [5.74, 6) is 0. The third-order valence-corrected chi connectivity index (χ3v) is 2.35. The van der Waals surface area contributed by atoms with Gasteiger partial charge in [-0.3, -0.25) is 5.10 Å². The summed E-state index contributed by atoms with van der Waals surface area (Å²) in [5, 5.41) is 16.2. The first-order chi connectivity index (χ1) is 7.36. The van der Waals surface area contributed by atoms with E-state index in [1.165, 1.54) is 0 Å². The molecule has 15 heavy (non-hydrogen) atoms. The van der Waals surface area contributed by atoms with E-state index in [1.54, 1.807) is 0 Å². The van der Waals surface area contributed by atoms with Crippen LogP contribution in [0.1, 0.15) is 18.2 Å². The molecule has 3 nitrogen and oxygen atoms in total. The van der Waals surface area contributed by atoms with E-state index in [2.05, 4.69) is 16.3 Å². The van der Waals surface area contributed by atoms with Gasteiger partial charge in [-0.25, -0.2) is 0 Å². The standard InChI is InChI=1S/C12H11N3/c1-2-11-10(8-13)12(15-14-11)9-6-4-3-5-7-9/h3-7H,2H2,1H3,(H,14,15). The van der Waals surface area contributed by atoms with E-state index in [0.717, 1.165) is 23.4 Å². The van der Waals surface area contributed by atoms with E-state index in [-0.39, 0.29) is 0 Å². The smallest absolute Gasteiger partial charge is 0.110 e. The molecule has 0 aliphatic carbocycles. The molecule has 0 atom stereocenters. The van der Waals surface area contributed by atoms with Crippen LogP contribution < -0.4 is 0 Å². The number of nitriles is 1. The Balaban J connectivity index is 2.55. The van der Waals surface area contributed by atoms with Crippen LogP contribution in [-0.2, 0) is 6.42 Å². The molecule has 2 aromatic rings. The van der Waals surface area contributed by atoms with Gasteiger partial charge in [0.2, 0.25) is 0 Å². The van der Waals surface area contributed by atoms with Gasteiger partial charge in [0.25, 0.3) is 0 Å². The van der Waals surface area contributed by atoms with E-state index < -0.39 is 0 Å². The molecule has 0 aliphatic rings. The summed E-state index contributed by atoms with van der Waals surface area (Å²) in [5.41, 5.74) is 3.28. The molecular weight excluding hydrogens is 186 g/mol. The van der Waals surface area contributed by atoms with Gasteiger partial charge in [-0.1, -0.05) is 37.3 Å². The lowest BCUT2D eigenvalue weighted by Crippen LogP contribution is -1.84. The number of aromatic nitrogens is 2. The Labute approximate surface area is 88.4 Å². The highest BCUT2D eigenvalue weighted by Gasteiger charge is 2.12. The molecule has 0 spiro atoms. The van der Waals surface area contributed by atoms with Gasteiger partial charge in [-0.15, -0.1) is 0 Å². The number of rotatable bonds is 2. The van der Waals surface area contributed by atoms with Gasteiger partial charge in [0.05, 0.1) is 5.69 Å². The van der Waals surface area contributed by atoms with Gasteiger partial charge in [-0.2, -0.15) is 10.4 Å². The van der Waals surface area contributed by atoms with Crippen molar-refractivity contribution in [2.45, 2.75) is 13.3 Å². The first kappa shape index (κ1) is 9.47. The fraction of sp³-hybridized carbons (Fsp3) is 0.167. The zero-order valence-electron chi connectivity index (χ0n) is 8.49. The van der Waals surface area contributed by atoms with Crippen LogP contribution in [0.3, 0.4) is 0 Å². The zero-order chi connectivity index (χ0) is 10.7. The van der Waals surface area contributed by atoms with E-state index in [1.807, 2.05) is 37.3 Å². The van der Waals surface area contributed by atoms with Gasteiger partial charge < -0.3 is 0 Å². The predicted octanol–water partition coefficient (Wildman–Crippen LogP) is 2.51. The predicted molar refractivity (Wildman–Crippen MR) is 58.1 cm³/mol. The Kier molecular flexibility index (Phi) is 2.51. The molecule has 0 aliphatic heterocycles. The number of hydrogen-bond donors (Lipinski definition) is 1. The number of nitrogens with zero attached hydrogens (tertiary/aromatic N) is 2. The maximum atomic E-state index is 9.07. The average molecular weight is 197 g/mol. The van der Waals surface area contributed by atoms with Crippen molar-refractivity contribution in [2.24, 2.45) is 0 Å². The van der Waals surface area contributed by atoms with E-state index in [9.17, 15) is 0 Å². The highest BCUT2D eigenvalue weighted by Crippen LogP contribution is 2.22. The highest BCUT2D eigenvalue weighted by molar-refractivity contribution is 5.67. The number of H-pyrrole nitrogens is 1. The fourth-order valence-electron chi connectivity index (χ4n) is 1.56. The largest absolute Gasteiger partial charge is 0.281 e. The minimum absolute atomic E-state index is 0.656. The van der Waals surface area contributed by atoms with Crippen molar-refractivity contribution in [3.8, 4) is 17.3 Å². The molecule has 3 heteroatoms. The van der Waals surface area contributed by atoms with E-state index in [0.29, 0.717) is 5.56 Å². The number of aromatic amines is 1. The molecule has 74 valence electrons. The van der Waals surface area contributed by atoms with Crippen molar-refractivity contribution in [3.63, 3.8) is 0 Å². The molecule has 1 heterocycles. The Morgan fingerprint density at radius 2 is 2.07 bits per heavy atom. The second kappa shape index (κ2) is 3.97. The first-order valence-electron chi connectivity index (χ1n) is 4.89. The molecule has 0 radical (unpaired) electrons. The van der Waals surface area contributed by atoms with Crippen LogP contribution in [0, 0.1) is 11.3 Å². The summed E-state index contributed by atoms with van der Waals surface area (Å²) in [6.45, 7) is 2.00. The summed E-state index contributed by atoms with van der Waals surface area (Å²) in [6, 6.07) is 11.9. The number of benzene rings is 1. The molecular formula is C12H11N3. The summed E-state index contributed by atoms with van der Waals surface area (Å²) in [4.78, 5) is 0. The second-order valence-corrected chi connectivity index (χ2v) is 3.26. The molecule has 1 aromatic heterocycles. The summed E-state index contributed by atoms with van der Waals surface area (Å²) in [7, 11) is 0. The topological polar surface area (TPSA) is 52.5 Å². The van der Waals surface area contributed by atoms with Gasteiger partial charge >= 0.3 is 0 Å². The van der Waals surface area contributed by atoms with Crippen LogP contribution in [0.4, 0.5) is 0 Å². The normalized spacial score (nSPS) is 9.87. The SMILES string of the molecule is CCc1[nH]nc(-c2ccccc2)c1C#N. The average Bonchev–Trinajstić information content (AvgIpc) is 2.72. The number of hydrogen-bond acceptors (Lipinski definition) is 2. The quantitative estimate of drug-likeness (QED) is 0.804. The van der Waals surface area contributed by atoms with Crippen molar-refractivity contribution in [1.82, 2.24) is 10.2 Å². The van der Waals surface area contributed by atoms with Crippen molar-refractivity contribution in [3.05, 3.63) is 41.6 Å². The van der Waals surface area contributed by atoms with Gasteiger partial charge in [0, 0.05) is 5.56 Å². The van der Waals surface area contributed by atoms with Crippen molar-refractivity contribution >= 4 is 0 Å². The lowest BCUT2D eigenvalue weighted by atomic mass is 10.1. The summed E-state index contributed by atoms with van der Waals surface area (Å²) >= 11 is 0. The summed E-state index contributed by atoms with van der Waals surface area (Å²) in [6.07, 6.45) is 0.794. The Morgan fingerprint density at radius 1 is 1.33 bits per heavy atom. The minimum atomic E-state index is 0.656. The van der Waals surface area contributed by atoms with Gasteiger partial charge in [0.1, 0.15) is 17.3 Å². The Bertz CT molecular complexity index is 491. The lowest BCUT2D eigenvalue weighted by Gasteiger charge is -1.96. The molecule has 0 amide bonds. The Hall–Kier alpha value is -2.08. The minimum Gasteiger partial charge on any atom is -0.281 e. The molecule has 0 bridgehead atoms. The molecule has 1 N–H and O–H groups in total. The van der Waals surface area contributed by atoms with Crippen LogP contribution >= 0.6 is 0 Å². The van der Waals surface area contributed by atoms with Crippen LogP contribution in [0.25, 0.3) is 11.3 Å². The first-order valence-corrected chi connectivity index (χ1v) is 4.89. The third-order valence-electron chi connectivity index (χ3n) is 2.35. The van der Waals surface area contributed by atoms with Crippen molar-refractivity contribution < 1.29 is 0 Å². The zero-order valence-corrected chi connectivity index (χ0v) is 8.49. The lowest BCUT2D eigenvalue weighted by molar-refractivity contribution is 0.974. The van der Waals surface area contributed by atoms with Crippen LogP contribution in [-0.4, -0.2) is 10.2 Å². The maximum absolute atomic E-state index is 9.07. The highest BCUT2D eigenvalue weighted by atomic mass is 15.1. The number of aryl methyl sites for hydroxylation is 1. The van der Waals surface area contributed by atoms with Crippen molar-refractivity contribution in [2.75, 3.05) is 0 Å². The number of nitrogens with one attached hydrogen (secondary N) is 1. The van der Waals surface area contributed by atoms with Crippen LogP contribution in [0.15, 0.2) is 30.3 Å². The third kappa shape index (κ3) is 1.62. The van der Waals surface area contributed by atoms with Gasteiger partial charge in [0.15, 0.2) is 0 Å². The van der Waals surface area contributed by atoms with E-state index in [4.69, 9.17) is 5.26 Å². The molecule has 0 fully saturated rings. The van der Waals surface area contributed by atoms with Crippen molar-refractivity contribution in [1.29, 1.82) is 5.26 Å². The maximum Gasteiger partial charge on any atom is 0.110 e. The fourth-order valence-corrected chi connectivity index (χ4v) is 1.56. The monoisotopic (exact) mass is 197 g/mol. The second-order valence-electron chi connectivity index (χ2n) is 3.26. The summed E-state index contributed by atoms with van der Waals surface area (Å²) < 4.78 is 0. The Morgan fingerprint density at radius 3 is 2.67 bits per heavy atom. The molecule has 2 rings (SSSR count). The molecule has 0 saturated heterocycles. The van der Waals surface area contributed by atoms with Crippen LogP contribution in [0.2, 0.25) is 0 Å². The van der Waals surface area contributed by atoms with Gasteiger partial charge in [-0.05, 0) is 6.42 Å².